The van der Waals surface area contributed by atoms with Gasteiger partial charge in [-0.3, -0.25) is 0 Å². The molecule has 3 N–H and O–H groups in total. The van der Waals surface area contributed by atoms with E-state index >= 15 is 0 Å². The van der Waals surface area contributed by atoms with Crippen LogP contribution in [0.3, 0.4) is 0 Å². The topological polar surface area (TPSA) is 63.8 Å². The molecule has 0 spiro atoms. The van der Waals surface area contributed by atoms with Gasteiger partial charge in [-0.1, -0.05) is 24.3 Å². The Hall–Kier alpha value is -1.94. The number of nitrogens with one attached hydrogen (secondary N) is 1. The van der Waals surface area contributed by atoms with E-state index in [1.165, 1.54) is 0 Å². The van der Waals surface area contributed by atoms with E-state index in [-0.39, 0.29) is 0 Å². The molecule has 0 aliphatic rings. The first-order chi connectivity index (χ1) is 8.13. The number of hydrogen-bond donors (Lipinski definition) is 2. The van der Waals surface area contributed by atoms with Crippen molar-refractivity contribution in [3.8, 4) is 11.4 Å². The summed E-state index contributed by atoms with van der Waals surface area (Å²) in [5.74, 6) is 6.85. The second kappa shape index (κ2) is 4.51. The molecular formula is C13H16N4. The fraction of sp³-hybridized carbons (Fsp3) is 0.231. The van der Waals surface area contributed by atoms with Gasteiger partial charge in [-0.15, -0.1) is 0 Å². The Morgan fingerprint density at radius 1 is 1.06 bits per heavy atom. The van der Waals surface area contributed by atoms with E-state index < -0.39 is 0 Å². The molecular weight excluding hydrogens is 212 g/mol. The largest absolute Gasteiger partial charge is 0.308 e. The summed E-state index contributed by atoms with van der Waals surface area (Å²) in [6.45, 7) is 5.95. The van der Waals surface area contributed by atoms with Crippen LogP contribution in [0.2, 0.25) is 0 Å². The van der Waals surface area contributed by atoms with Crippen LogP contribution in [0.5, 0.6) is 0 Å². The molecule has 0 unspecified atom stereocenters. The molecule has 0 radical (unpaired) electrons. The number of benzene rings is 1. The van der Waals surface area contributed by atoms with Gasteiger partial charge < -0.3 is 5.43 Å². The van der Waals surface area contributed by atoms with E-state index in [2.05, 4.69) is 15.4 Å². The average molecular weight is 228 g/mol. The molecule has 0 amide bonds. The summed E-state index contributed by atoms with van der Waals surface area (Å²) in [6, 6.07) is 8.04. The highest BCUT2D eigenvalue weighted by Gasteiger charge is 2.09. The second-order valence-electron chi connectivity index (χ2n) is 4.07. The van der Waals surface area contributed by atoms with Crippen LogP contribution >= 0.6 is 0 Å². The normalized spacial score (nSPS) is 10.4. The van der Waals surface area contributed by atoms with Crippen molar-refractivity contribution >= 4 is 5.82 Å². The maximum atomic E-state index is 5.46. The fourth-order valence-electron chi connectivity index (χ4n) is 1.71. The number of aryl methyl sites for hydroxylation is 2. The smallest absolute Gasteiger partial charge is 0.162 e. The molecule has 0 bridgehead atoms. The van der Waals surface area contributed by atoms with E-state index in [9.17, 15) is 0 Å². The number of nitrogen functional groups attached to an aromatic ring is 1. The number of rotatable bonds is 2. The van der Waals surface area contributed by atoms with E-state index in [1.807, 2.05) is 45.0 Å². The lowest BCUT2D eigenvalue weighted by atomic mass is 10.1. The van der Waals surface area contributed by atoms with Crippen molar-refractivity contribution in [1.29, 1.82) is 0 Å². The van der Waals surface area contributed by atoms with Gasteiger partial charge in [0.2, 0.25) is 0 Å². The van der Waals surface area contributed by atoms with E-state index in [0.717, 1.165) is 22.4 Å². The van der Waals surface area contributed by atoms with Crippen molar-refractivity contribution < 1.29 is 0 Å². The van der Waals surface area contributed by atoms with Gasteiger partial charge in [-0.05, 0) is 26.3 Å². The highest BCUT2D eigenvalue weighted by molar-refractivity contribution is 5.62. The number of aromatic nitrogens is 2. The van der Waals surface area contributed by atoms with Crippen molar-refractivity contribution in [3.63, 3.8) is 0 Å². The lowest BCUT2D eigenvalue weighted by Crippen LogP contribution is -2.12. The first-order valence-corrected chi connectivity index (χ1v) is 5.51. The molecule has 0 saturated heterocycles. The summed E-state index contributed by atoms with van der Waals surface area (Å²) < 4.78 is 0. The van der Waals surface area contributed by atoms with Crippen LogP contribution in [0.1, 0.15) is 16.8 Å². The van der Waals surface area contributed by atoms with Gasteiger partial charge in [0.05, 0.1) is 0 Å². The van der Waals surface area contributed by atoms with Gasteiger partial charge in [0.15, 0.2) is 5.82 Å². The maximum absolute atomic E-state index is 5.46. The number of hydrogen-bond acceptors (Lipinski definition) is 4. The first kappa shape index (κ1) is 11.5. The van der Waals surface area contributed by atoms with Gasteiger partial charge in [0.25, 0.3) is 0 Å². The Balaban J connectivity index is 2.61. The number of nitrogens with zero attached hydrogens (tertiary/aromatic N) is 2. The fourth-order valence-corrected chi connectivity index (χ4v) is 1.71. The molecule has 0 aliphatic carbocycles. The SMILES string of the molecule is Cc1ccccc1-c1nc(C)c(C)c(NN)n1. The Kier molecular flexibility index (Phi) is 3.06. The number of anilines is 1. The van der Waals surface area contributed by atoms with Crippen LogP contribution in [0.4, 0.5) is 5.82 Å². The predicted molar refractivity (Wildman–Crippen MR) is 69.5 cm³/mol. The lowest BCUT2D eigenvalue weighted by Gasteiger charge is -2.10. The van der Waals surface area contributed by atoms with Crippen LogP contribution in [0.25, 0.3) is 11.4 Å². The molecule has 2 rings (SSSR count). The quantitative estimate of drug-likeness (QED) is 0.611. The maximum Gasteiger partial charge on any atom is 0.162 e. The average Bonchev–Trinajstić information content (AvgIpc) is 2.33. The van der Waals surface area contributed by atoms with Gasteiger partial charge in [0.1, 0.15) is 5.82 Å². The molecule has 0 fully saturated rings. The minimum absolute atomic E-state index is 0.677. The molecule has 4 nitrogen and oxygen atoms in total. The van der Waals surface area contributed by atoms with Crippen LogP contribution in [0, 0.1) is 20.8 Å². The minimum Gasteiger partial charge on any atom is -0.308 e. The summed E-state index contributed by atoms with van der Waals surface area (Å²) in [4.78, 5) is 8.94. The van der Waals surface area contributed by atoms with Crippen LogP contribution < -0.4 is 11.3 Å². The summed E-state index contributed by atoms with van der Waals surface area (Å²) in [7, 11) is 0. The van der Waals surface area contributed by atoms with Crippen LogP contribution in [-0.4, -0.2) is 9.97 Å². The highest BCUT2D eigenvalue weighted by atomic mass is 15.3. The third-order valence-corrected chi connectivity index (χ3v) is 2.91. The van der Waals surface area contributed by atoms with Gasteiger partial charge >= 0.3 is 0 Å². The molecule has 88 valence electrons. The standard InChI is InChI=1S/C13H16N4/c1-8-6-4-5-7-11(8)13-15-10(3)9(2)12(16-13)17-14/h4-7H,14H2,1-3H3,(H,15,16,17). The van der Waals surface area contributed by atoms with Crippen molar-refractivity contribution in [2.75, 3.05) is 5.43 Å². The van der Waals surface area contributed by atoms with Crippen LogP contribution in [-0.2, 0) is 0 Å². The molecule has 0 atom stereocenters. The zero-order chi connectivity index (χ0) is 12.4. The van der Waals surface area contributed by atoms with Crippen molar-refractivity contribution in [2.45, 2.75) is 20.8 Å². The number of nitrogens with two attached hydrogens (primary N) is 1. The Bertz CT molecular complexity index is 549. The van der Waals surface area contributed by atoms with E-state index in [0.29, 0.717) is 11.6 Å². The zero-order valence-electron chi connectivity index (χ0n) is 10.3. The van der Waals surface area contributed by atoms with E-state index in [4.69, 9.17) is 5.84 Å². The van der Waals surface area contributed by atoms with Crippen LogP contribution in [0.15, 0.2) is 24.3 Å². The zero-order valence-corrected chi connectivity index (χ0v) is 10.3. The van der Waals surface area contributed by atoms with Crippen molar-refractivity contribution in [3.05, 3.63) is 41.1 Å². The molecule has 1 heterocycles. The molecule has 1 aromatic carbocycles. The third-order valence-electron chi connectivity index (χ3n) is 2.91. The minimum atomic E-state index is 0.677. The summed E-state index contributed by atoms with van der Waals surface area (Å²) in [6.07, 6.45) is 0. The van der Waals surface area contributed by atoms with Gasteiger partial charge in [-0.2, -0.15) is 0 Å². The first-order valence-electron chi connectivity index (χ1n) is 5.51. The van der Waals surface area contributed by atoms with Crippen molar-refractivity contribution in [2.24, 2.45) is 5.84 Å². The molecule has 0 saturated carbocycles. The summed E-state index contributed by atoms with van der Waals surface area (Å²) in [5, 5.41) is 0. The Morgan fingerprint density at radius 2 is 1.76 bits per heavy atom. The molecule has 1 aromatic heterocycles. The third kappa shape index (κ3) is 2.12. The van der Waals surface area contributed by atoms with Crippen molar-refractivity contribution in [1.82, 2.24) is 9.97 Å². The molecule has 4 heteroatoms. The van der Waals surface area contributed by atoms with E-state index in [1.54, 1.807) is 0 Å². The molecule has 2 aromatic rings. The van der Waals surface area contributed by atoms with Gasteiger partial charge in [0, 0.05) is 16.8 Å². The molecule has 17 heavy (non-hydrogen) atoms. The molecule has 0 aliphatic heterocycles. The lowest BCUT2D eigenvalue weighted by molar-refractivity contribution is 1.05. The summed E-state index contributed by atoms with van der Waals surface area (Å²) >= 11 is 0. The monoisotopic (exact) mass is 228 g/mol. The Morgan fingerprint density at radius 3 is 2.41 bits per heavy atom. The number of hydrazine groups is 1. The van der Waals surface area contributed by atoms with Gasteiger partial charge in [-0.25, -0.2) is 15.8 Å². The second-order valence-corrected chi connectivity index (χ2v) is 4.07. The Labute approximate surface area is 101 Å². The highest BCUT2D eigenvalue weighted by Crippen LogP contribution is 2.23. The summed E-state index contributed by atoms with van der Waals surface area (Å²) in [5.41, 5.74) is 6.71. The predicted octanol–water partition coefficient (Wildman–Crippen LogP) is 2.35.